The van der Waals surface area contributed by atoms with E-state index >= 15 is 0 Å². The molecule has 0 amide bonds. The van der Waals surface area contributed by atoms with Crippen molar-refractivity contribution in [2.45, 2.75) is 5.33 Å². The summed E-state index contributed by atoms with van der Waals surface area (Å²) in [6, 6.07) is 8.26. The van der Waals surface area contributed by atoms with Gasteiger partial charge in [-0.25, -0.2) is 9.37 Å². The number of methoxy groups -OCH3 is 1. The van der Waals surface area contributed by atoms with Crippen LogP contribution in [0.1, 0.15) is 5.56 Å². The van der Waals surface area contributed by atoms with Crippen LogP contribution in [0.5, 0.6) is 5.88 Å². The zero-order chi connectivity index (χ0) is 12.3. The fourth-order valence-corrected chi connectivity index (χ4v) is 1.87. The molecule has 0 saturated heterocycles. The predicted octanol–water partition coefficient (Wildman–Crippen LogP) is 3.79. The van der Waals surface area contributed by atoms with Crippen LogP contribution in [0.3, 0.4) is 0 Å². The van der Waals surface area contributed by atoms with E-state index in [1.54, 1.807) is 25.4 Å². The second kappa shape index (κ2) is 5.27. The minimum atomic E-state index is -0.252. The number of nitrogens with zero attached hydrogens (tertiary/aromatic N) is 1. The van der Waals surface area contributed by atoms with Crippen LogP contribution in [0.2, 0.25) is 0 Å². The van der Waals surface area contributed by atoms with Gasteiger partial charge in [-0.05, 0) is 29.3 Å². The van der Waals surface area contributed by atoms with Crippen LogP contribution in [-0.4, -0.2) is 12.1 Å². The average Bonchev–Trinajstić information content (AvgIpc) is 2.39. The van der Waals surface area contributed by atoms with Gasteiger partial charge in [-0.1, -0.05) is 28.1 Å². The van der Waals surface area contributed by atoms with Gasteiger partial charge in [0.05, 0.1) is 7.11 Å². The number of aromatic nitrogens is 1. The van der Waals surface area contributed by atoms with Gasteiger partial charge in [0.1, 0.15) is 5.82 Å². The van der Waals surface area contributed by atoms with Crippen molar-refractivity contribution in [3.63, 3.8) is 0 Å². The fourth-order valence-electron chi connectivity index (χ4n) is 1.57. The number of alkyl halides is 1. The molecule has 0 unspecified atom stereocenters. The predicted molar refractivity (Wildman–Crippen MR) is 68.8 cm³/mol. The highest BCUT2D eigenvalue weighted by Gasteiger charge is 2.08. The Labute approximate surface area is 108 Å². The van der Waals surface area contributed by atoms with E-state index in [0.717, 1.165) is 22.0 Å². The molecule has 1 aromatic carbocycles. The molecule has 88 valence electrons. The van der Waals surface area contributed by atoms with Crippen LogP contribution in [0.25, 0.3) is 11.1 Å². The van der Waals surface area contributed by atoms with Gasteiger partial charge < -0.3 is 4.74 Å². The quantitative estimate of drug-likeness (QED) is 0.804. The summed E-state index contributed by atoms with van der Waals surface area (Å²) in [5.74, 6) is 0.290. The first-order valence-corrected chi connectivity index (χ1v) is 6.21. The van der Waals surface area contributed by atoms with Gasteiger partial charge in [-0.3, -0.25) is 0 Å². The first-order chi connectivity index (χ1) is 8.24. The first-order valence-electron chi connectivity index (χ1n) is 5.09. The monoisotopic (exact) mass is 295 g/mol. The molecule has 0 radical (unpaired) electrons. The lowest BCUT2D eigenvalue weighted by molar-refractivity contribution is 0.399. The van der Waals surface area contributed by atoms with E-state index < -0.39 is 0 Å². The smallest absolute Gasteiger partial charge is 0.221 e. The summed E-state index contributed by atoms with van der Waals surface area (Å²) in [6.45, 7) is 0. The Bertz CT molecular complexity index is 513. The van der Waals surface area contributed by atoms with Crippen LogP contribution >= 0.6 is 15.9 Å². The van der Waals surface area contributed by atoms with E-state index in [9.17, 15) is 4.39 Å². The number of ether oxygens (including phenoxy) is 1. The van der Waals surface area contributed by atoms with Crippen molar-refractivity contribution < 1.29 is 9.13 Å². The Morgan fingerprint density at radius 2 is 2.00 bits per heavy atom. The van der Waals surface area contributed by atoms with E-state index in [4.69, 9.17) is 4.74 Å². The van der Waals surface area contributed by atoms with Gasteiger partial charge in [0.25, 0.3) is 0 Å². The highest BCUT2D eigenvalue weighted by atomic mass is 79.9. The summed E-state index contributed by atoms with van der Waals surface area (Å²) in [4.78, 5) is 4.22. The molecule has 2 nitrogen and oxygen atoms in total. The standard InChI is InChI=1S/C13H11BrFNO/c1-17-13-12(6-9(7-14)8-16-13)10-2-4-11(15)5-3-10/h2-6,8H,7H2,1H3. The third kappa shape index (κ3) is 2.64. The Hall–Kier alpha value is -1.42. The maximum absolute atomic E-state index is 12.9. The summed E-state index contributed by atoms with van der Waals surface area (Å²) in [5.41, 5.74) is 2.80. The van der Waals surface area contributed by atoms with E-state index in [-0.39, 0.29) is 5.82 Å². The maximum Gasteiger partial charge on any atom is 0.221 e. The molecular formula is C13H11BrFNO. The molecule has 0 aliphatic heterocycles. The molecule has 1 heterocycles. The SMILES string of the molecule is COc1ncc(CBr)cc1-c1ccc(F)cc1. The summed E-state index contributed by atoms with van der Waals surface area (Å²) >= 11 is 3.38. The Morgan fingerprint density at radius 1 is 1.29 bits per heavy atom. The highest BCUT2D eigenvalue weighted by molar-refractivity contribution is 9.08. The molecule has 1 aromatic heterocycles. The van der Waals surface area contributed by atoms with Crippen molar-refractivity contribution in [2.24, 2.45) is 0 Å². The highest BCUT2D eigenvalue weighted by Crippen LogP contribution is 2.29. The van der Waals surface area contributed by atoms with E-state index in [1.165, 1.54) is 12.1 Å². The topological polar surface area (TPSA) is 22.1 Å². The molecule has 0 saturated carbocycles. The van der Waals surface area contributed by atoms with Gasteiger partial charge in [0.15, 0.2) is 0 Å². The second-order valence-electron chi connectivity index (χ2n) is 3.54. The van der Waals surface area contributed by atoms with E-state index in [2.05, 4.69) is 20.9 Å². The molecule has 0 spiro atoms. The van der Waals surface area contributed by atoms with Crippen LogP contribution in [-0.2, 0) is 5.33 Å². The van der Waals surface area contributed by atoms with Crippen molar-refractivity contribution in [1.29, 1.82) is 0 Å². The summed E-state index contributed by atoms with van der Waals surface area (Å²) < 4.78 is 18.1. The zero-order valence-electron chi connectivity index (χ0n) is 9.28. The van der Waals surface area contributed by atoms with Crippen LogP contribution < -0.4 is 4.74 Å². The maximum atomic E-state index is 12.9. The molecule has 0 fully saturated rings. The lowest BCUT2D eigenvalue weighted by Crippen LogP contribution is -1.93. The number of rotatable bonds is 3. The van der Waals surface area contributed by atoms with Crippen molar-refractivity contribution in [3.8, 4) is 17.0 Å². The van der Waals surface area contributed by atoms with Crippen LogP contribution in [0, 0.1) is 5.82 Å². The largest absolute Gasteiger partial charge is 0.481 e. The number of hydrogen-bond donors (Lipinski definition) is 0. The third-order valence-corrected chi connectivity index (χ3v) is 3.06. The molecule has 17 heavy (non-hydrogen) atoms. The molecule has 4 heteroatoms. The van der Waals surface area contributed by atoms with Crippen molar-refractivity contribution in [1.82, 2.24) is 4.98 Å². The third-order valence-electron chi connectivity index (χ3n) is 2.41. The first kappa shape index (κ1) is 12.0. The average molecular weight is 296 g/mol. The number of hydrogen-bond acceptors (Lipinski definition) is 2. The van der Waals surface area contributed by atoms with Crippen molar-refractivity contribution in [3.05, 3.63) is 47.9 Å². The molecule has 0 N–H and O–H groups in total. The minimum absolute atomic E-state index is 0.252. The summed E-state index contributed by atoms with van der Waals surface area (Å²) in [6.07, 6.45) is 1.75. The van der Waals surface area contributed by atoms with Crippen molar-refractivity contribution >= 4 is 15.9 Å². The normalized spacial score (nSPS) is 10.3. The Morgan fingerprint density at radius 3 is 2.59 bits per heavy atom. The Balaban J connectivity index is 2.51. The summed E-state index contributed by atoms with van der Waals surface area (Å²) in [7, 11) is 1.57. The van der Waals surface area contributed by atoms with Crippen LogP contribution in [0.15, 0.2) is 36.5 Å². The number of benzene rings is 1. The zero-order valence-corrected chi connectivity index (χ0v) is 10.9. The molecule has 0 atom stereocenters. The molecular weight excluding hydrogens is 285 g/mol. The van der Waals surface area contributed by atoms with Crippen LogP contribution in [0.4, 0.5) is 4.39 Å². The summed E-state index contributed by atoms with van der Waals surface area (Å²) in [5, 5.41) is 0.720. The van der Waals surface area contributed by atoms with Gasteiger partial charge in [-0.15, -0.1) is 0 Å². The van der Waals surface area contributed by atoms with Crippen molar-refractivity contribution in [2.75, 3.05) is 7.11 Å². The molecule has 0 bridgehead atoms. The number of pyridine rings is 1. The lowest BCUT2D eigenvalue weighted by atomic mass is 10.1. The molecule has 2 aromatic rings. The number of halogens is 2. The minimum Gasteiger partial charge on any atom is -0.481 e. The Kier molecular flexibility index (Phi) is 3.74. The molecule has 0 aliphatic carbocycles. The second-order valence-corrected chi connectivity index (χ2v) is 4.10. The lowest BCUT2D eigenvalue weighted by Gasteiger charge is -2.08. The molecule has 2 rings (SSSR count). The van der Waals surface area contributed by atoms with E-state index in [1.807, 2.05) is 6.07 Å². The molecule has 0 aliphatic rings. The van der Waals surface area contributed by atoms with Gasteiger partial charge in [-0.2, -0.15) is 0 Å². The van der Waals surface area contributed by atoms with Gasteiger partial charge >= 0.3 is 0 Å². The van der Waals surface area contributed by atoms with Gasteiger partial charge in [0.2, 0.25) is 5.88 Å². The van der Waals surface area contributed by atoms with E-state index in [0.29, 0.717) is 5.88 Å². The fraction of sp³-hybridized carbons (Fsp3) is 0.154. The van der Waals surface area contributed by atoms with Gasteiger partial charge in [0, 0.05) is 17.1 Å².